The number of hydrogen-bond acceptors (Lipinski definition) is 6. The fourth-order valence-electron chi connectivity index (χ4n) is 2.74. The lowest BCUT2D eigenvalue weighted by molar-refractivity contribution is -0.120. The van der Waals surface area contributed by atoms with E-state index in [0.717, 1.165) is 11.8 Å². The van der Waals surface area contributed by atoms with Crippen LogP contribution in [0.3, 0.4) is 0 Å². The Morgan fingerprint density at radius 2 is 2.20 bits per heavy atom. The molecular formula is C21H21ClN4O3S. The number of halogens is 1. The van der Waals surface area contributed by atoms with Crippen LogP contribution in [0, 0.1) is 17.2 Å². The lowest BCUT2D eigenvalue weighted by atomic mass is 9.90. The Morgan fingerprint density at radius 3 is 2.83 bits per heavy atom. The highest BCUT2D eigenvalue weighted by Gasteiger charge is 2.30. The zero-order valence-corrected chi connectivity index (χ0v) is 18.4. The number of carbonyl (C=O) groups excluding carboxylic acids is 1. The first-order chi connectivity index (χ1) is 14.2. The van der Waals surface area contributed by atoms with Gasteiger partial charge in [-0.3, -0.25) is 14.2 Å². The number of aromatic nitrogens is 2. The molecule has 0 saturated carbocycles. The molecule has 1 N–H and O–H groups in total. The molecular weight excluding hydrogens is 424 g/mol. The van der Waals surface area contributed by atoms with Crippen LogP contribution in [0.5, 0.6) is 0 Å². The molecule has 2 heterocycles. The quantitative estimate of drug-likeness (QED) is 0.439. The molecule has 1 atom stereocenters. The van der Waals surface area contributed by atoms with Gasteiger partial charge >= 0.3 is 0 Å². The van der Waals surface area contributed by atoms with Crippen LogP contribution in [0.15, 0.2) is 51.0 Å². The third-order valence-corrected chi connectivity index (χ3v) is 6.11. The van der Waals surface area contributed by atoms with Crippen molar-refractivity contribution in [2.75, 3.05) is 5.75 Å². The van der Waals surface area contributed by atoms with E-state index in [4.69, 9.17) is 16.0 Å². The normalized spacial score (nSPS) is 13.2. The van der Waals surface area contributed by atoms with Crippen LogP contribution >= 0.6 is 23.4 Å². The Labute approximate surface area is 183 Å². The zero-order valence-electron chi connectivity index (χ0n) is 16.8. The minimum atomic E-state index is -0.976. The molecule has 0 spiro atoms. The Bertz CT molecular complexity index is 1170. The molecule has 0 unspecified atom stereocenters. The molecule has 3 rings (SSSR count). The van der Waals surface area contributed by atoms with E-state index in [0.29, 0.717) is 26.8 Å². The summed E-state index contributed by atoms with van der Waals surface area (Å²) in [6, 6.07) is 10.5. The second-order valence-corrected chi connectivity index (χ2v) is 8.71. The number of nitrogens with one attached hydrogen (secondary N) is 1. The van der Waals surface area contributed by atoms with Gasteiger partial charge in [-0.15, -0.1) is 0 Å². The van der Waals surface area contributed by atoms with E-state index in [9.17, 15) is 14.9 Å². The molecule has 7 nitrogen and oxygen atoms in total. The van der Waals surface area contributed by atoms with Gasteiger partial charge in [0.25, 0.3) is 5.56 Å². The SMILES string of the molecule is CC(C)[C@](C)(C#N)NC(=O)CSc1nc2cc(Cl)ccc2c(=O)n1Cc1ccco1. The lowest BCUT2D eigenvalue weighted by Gasteiger charge is -2.27. The minimum Gasteiger partial charge on any atom is -0.467 e. The third kappa shape index (κ3) is 4.69. The van der Waals surface area contributed by atoms with Crippen LogP contribution in [0.4, 0.5) is 0 Å². The average molecular weight is 445 g/mol. The molecule has 30 heavy (non-hydrogen) atoms. The van der Waals surface area contributed by atoms with Crippen molar-refractivity contribution in [2.45, 2.75) is 38.0 Å². The third-order valence-electron chi connectivity index (χ3n) is 4.89. The van der Waals surface area contributed by atoms with Gasteiger partial charge in [-0.05, 0) is 43.2 Å². The van der Waals surface area contributed by atoms with Crippen molar-refractivity contribution >= 4 is 40.2 Å². The molecule has 156 valence electrons. The first kappa shape index (κ1) is 21.9. The summed E-state index contributed by atoms with van der Waals surface area (Å²) >= 11 is 7.18. The van der Waals surface area contributed by atoms with Gasteiger partial charge in [-0.25, -0.2) is 4.98 Å². The molecule has 0 bridgehead atoms. The number of amides is 1. The molecule has 0 saturated heterocycles. The van der Waals surface area contributed by atoms with Crippen LogP contribution in [0.2, 0.25) is 5.02 Å². The van der Waals surface area contributed by atoms with E-state index in [1.54, 1.807) is 37.3 Å². The number of carbonyl (C=O) groups is 1. The van der Waals surface area contributed by atoms with Crippen LogP contribution < -0.4 is 10.9 Å². The lowest BCUT2D eigenvalue weighted by Crippen LogP contribution is -2.49. The number of thioether (sulfide) groups is 1. The summed E-state index contributed by atoms with van der Waals surface area (Å²) in [4.78, 5) is 30.1. The largest absolute Gasteiger partial charge is 0.467 e. The van der Waals surface area contributed by atoms with Gasteiger partial charge in [0.2, 0.25) is 5.91 Å². The summed E-state index contributed by atoms with van der Waals surface area (Å²) in [6.07, 6.45) is 1.53. The Hall–Kier alpha value is -2.76. The smallest absolute Gasteiger partial charge is 0.262 e. The minimum absolute atomic E-state index is 0.000652. The first-order valence-corrected chi connectivity index (χ1v) is 10.7. The number of hydrogen-bond donors (Lipinski definition) is 1. The molecule has 1 aromatic carbocycles. The van der Waals surface area contributed by atoms with E-state index in [-0.39, 0.29) is 29.7 Å². The maximum Gasteiger partial charge on any atom is 0.262 e. The van der Waals surface area contributed by atoms with Crippen LogP contribution in [0.1, 0.15) is 26.5 Å². The summed E-state index contributed by atoms with van der Waals surface area (Å²) in [5, 5.41) is 13.4. The van der Waals surface area contributed by atoms with Crippen molar-refractivity contribution in [1.29, 1.82) is 5.26 Å². The van der Waals surface area contributed by atoms with E-state index in [2.05, 4.69) is 16.4 Å². The number of fused-ring (bicyclic) bond motifs is 1. The van der Waals surface area contributed by atoms with Gasteiger partial charge < -0.3 is 9.73 Å². The Morgan fingerprint density at radius 1 is 1.43 bits per heavy atom. The molecule has 0 fully saturated rings. The van der Waals surface area contributed by atoms with E-state index in [1.165, 1.54) is 10.8 Å². The van der Waals surface area contributed by atoms with Crippen molar-refractivity contribution in [2.24, 2.45) is 5.92 Å². The topological polar surface area (TPSA) is 101 Å². The van der Waals surface area contributed by atoms with Crippen LogP contribution in [-0.4, -0.2) is 26.8 Å². The fourth-order valence-corrected chi connectivity index (χ4v) is 3.70. The molecule has 1 amide bonds. The summed E-state index contributed by atoms with van der Waals surface area (Å²) in [5.74, 6) is 0.216. The number of nitriles is 1. The summed E-state index contributed by atoms with van der Waals surface area (Å²) in [7, 11) is 0. The predicted octanol–water partition coefficient (Wildman–Crippen LogP) is 3.84. The summed E-state index contributed by atoms with van der Waals surface area (Å²) < 4.78 is 6.85. The van der Waals surface area contributed by atoms with E-state index in [1.807, 2.05) is 13.8 Å². The number of benzene rings is 1. The average Bonchev–Trinajstić information content (AvgIpc) is 3.21. The Kier molecular flexibility index (Phi) is 6.54. The standard InChI is InChI=1S/C21H21ClN4O3S/c1-13(2)21(3,12-23)25-18(27)11-30-20-24-17-9-14(22)6-7-16(17)19(28)26(20)10-15-5-4-8-29-15/h4-9,13H,10-11H2,1-3H3,(H,25,27)/t21-/m0/s1. The number of nitrogens with zero attached hydrogens (tertiary/aromatic N) is 3. The maximum absolute atomic E-state index is 13.1. The van der Waals surface area contributed by atoms with E-state index < -0.39 is 5.54 Å². The first-order valence-electron chi connectivity index (χ1n) is 9.31. The van der Waals surface area contributed by atoms with Crippen molar-refractivity contribution in [3.05, 3.63) is 57.7 Å². The van der Waals surface area contributed by atoms with Crippen molar-refractivity contribution < 1.29 is 9.21 Å². The molecule has 3 aromatic rings. The molecule has 0 radical (unpaired) electrons. The van der Waals surface area contributed by atoms with Crippen molar-refractivity contribution in [3.8, 4) is 6.07 Å². The highest BCUT2D eigenvalue weighted by atomic mass is 35.5. The molecule has 2 aromatic heterocycles. The van der Waals surface area contributed by atoms with Gasteiger partial charge in [-0.1, -0.05) is 37.2 Å². The summed E-state index contributed by atoms with van der Waals surface area (Å²) in [5.41, 5.74) is -0.773. The summed E-state index contributed by atoms with van der Waals surface area (Å²) in [6.45, 7) is 5.60. The van der Waals surface area contributed by atoms with Gasteiger partial charge in [0.1, 0.15) is 11.3 Å². The number of furan rings is 1. The van der Waals surface area contributed by atoms with Gasteiger partial charge in [0, 0.05) is 5.02 Å². The Balaban J connectivity index is 1.92. The highest BCUT2D eigenvalue weighted by Crippen LogP contribution is 2.22. The zero-order chi connectivity index (χ0) is 21.9. The number of rotatable bonds is 7. The van der Waals surface area contributed by atoms with Gasteiger partial charge in [0.05, 0.1) is 35.5 Å². The molecule has 0 aliphatic heterocycles. The van der Waals surface area contributed by atoms with Crippen molar-refractivity contribution in [3.63, 3.8) is 0 Å². The van der Waals surface area contributed by atoms with Gasteiger partial charge in [0.15, 0.2) is 5.16 Å². The van der Waals surface area contributed by atoms with Crippen molar-refractivity contribution in [1.82, 2.24) is 14.9 Å². The molecule has 0 aliphatic carbocycles. The highest BCUT2D eigenvalue weighted by molar-refractivity contribution is 7.99. The van der Waals surface area contributed by atoms with E-state index >= 15 is 0 Å². The fraction of sp³-hybridized carbons (Fsp3) is 0.333. The second-order valence-electron chi connectivity index (χ2n) is 7.33. The van der Waals surface area contributed by atoms with Crippen LogP contribution in [-0.2, 0) is 11.3 Å². The monoisotopic (exact) mass is 444 g/mol. The van der Waals surface area contributed by atoms with Crippen LogP contribution in [0.25, 0.3) is 10.9 Å². The molecule has 9 heteroatoms. The predicted molar refractivity (Wildman–Crippen MR) is 117 cm³/mol. The maximum atomic E-state index is 13.1. The molecule has 0 aliphatic rings. The van der Waals surface area contributed by atoms with Gasteiger partial charge in [-0.2, -0.15) is 5.26 Å². The second kappa shape index (κ2) is 8.94.